The number of halogens is 1. The molecule has 1 aromatic heterocycles. The standard InChI is InChI=1S/C11H14ClN3O/c12-10-8-14-4-2-9(10)11(16)15-6-1-3-13-5-7-15/h2,4,8,13H,1,3,5-7H2. The van der Waals surface area contributed by atoms with Gasteiger partial charge in [0.2, 0.25) is 0 Å². The van der Waals surface area contributed by atoms with E-state index in [-0.39, 0.29) is 5.91 Å². The Morgan fingerprint density at radius 1 is 1.44 bits per heavy atom. The minimum atomic E-state index is -0.00361. The highest BCUT2D eigenvalue weighted by Crippen LogP contribution is 2.16. The number of carbonyl (C=O) groups is 1. The zero-order valence-corrected chi connectivity index (χ0v) is 9.70. The van der Waals surface area contributed by atoms with E-state index < -0.39 is 0 Å². The smallest absolute Gasteiger partial charge is 0.255 e. The molecule has 1 amide bonds. The molecule has 2 rings (SSSR count). The highest BCUT2D eigenvalue weighted by molar-refractivity contribution is 6.33. The molecular weight excluding hydrogens is 226 g/mol. The fourth-order valence-corrected chi connectivity index (χ4v) is 1.97. The van der Waals surface area contributed by atoms with E-state index in [9.17, 15) is 4.79 Å². The van der Waals surface area contributed by atoms with Crippen LogP contribution in [-0.4, -0.2) is 42.0 Å². The van der Waals surface area contributed by atoms with Crippen LogP contribution in [0.1, 0.15) is 16.8 Å². The molecule has 1 fully saturated rings. The molecule has 0 bridgehead atoms. The summed E-state index contributed by atoms with van der Waals surface area (Å²) >= 11 is 5.95. The summed E-state index contributed by atoms with van der Waals surface area (Å²) < 4.78 is 0. The van der Waals surface area contributed by atoms with E-state index >= 15 is 0 Å². The zero-order valence-electron chi connectivity index (χ0n) is 8.95. The lowest BCUT2D eigenvalue weighted by Crippen LogP contribution is -2.34. The molecule has 0 spiro atoms. The summed E-state index contributed by atoms with van der Waals surface area (Å²) in [5.74, 6) is -0.00361. The van der Waals surface area contributed by atoms with E-state index in [0.717, 1.165) is 32.6 Å². The lowest BCUT2D eigenvalue weighted by molar-refractivity contribution is 0.0766. The molecule has 2 heterocycles. The van der Waals surface area contributed by atoms with Crippen LogP contribution in [0.2, 0.25) is 5.02 Å². The summed E-state index contributed by atoms with van der Waals surface area (Å²) in [4.78, 5) is 17.9. The Bertz CT molecular complexity index is 375. The Morgan fingerprint density at radius 3 is 3.12 bits per heavy atom. The van der Waals surface area contributed by atoms with Crippen LogP contribution in [0.15, 0.2) is 18.5 Å². The fraction of sp³-hybridized carbons (Fsp3) is 0.455. The largest absolute Gasteiger partial charge is 0.337 e. The molecule has 4 nitrogen and oxygen atoms in total. The number of hydrogen-bond acceptors (Lipinski definition) is 3. The maximum absolute atomic E-state index is 12.2. The Kier molecular flexibility index (Phi) is 3.74. The van der Waals surface area contributed by atoms with E-state index in [1.54, 1.807) is 12.3 Å². The van der Waals surface area contributed by atoms with Crippen molar-refractivity contribution in [1.82, 2.24) is 15.2 Å². The van der Waals surface area contributed by atoms with Gasteiger partial charge in [-0.1, -0.05) is 11.6 Å². The summed E-state index contributed by atoms with van der Waals surface area (Å²) in [5, 5.41) is 3.68. The lowest BCUT2D eigenvalue weighted by atomic mass is 10.2. The minimum absolute atomic E-state index is 0.00361. The summed E-state index contributed by atoms with van der Waals surface area (Å²) in [6.07, 6.45) is 4.08. The molecule has 0 unspecified atom stereocenters. The third kappa shape index (κ3) is 2.51. The summed E-state index contributed by atoms with van der Waals surface area (Å²) in [6.45, 7) is 3.32. The third-order valence-electron chi connectivity index (χ3n) is 2.63. The van der Waals surface area contributed by atoms with E-state index in [1.807, 2.05) is 4.90 Å². The van der Waals surface area contributed by atoms with Gasteiger partial charge in [0, 0.05) is 32.0 Å². The van der Waals surface area contributed by atoms with Crippen LogP contribution in [0.4, 0.5) is 0 Å². The molecule has 0 aliphatic carbocycles. The predicted molar refractivity (Wildman–Crippen MR) is 62.6 cm³/mol. The van der Waals surface area contributed by atoms with E-state index in [4.69, 9.17) is 11.6 Å². The van der Waals surface area contributed by atoms with Crippen LogP contribution in [0.5, 0.6) is 0 Å². The van der Waals surface area contributed by atoms with Crippen molar-refractivity contribution < 1.29 is 4.79 Å². The van der Waals surface area contributed by atoms with Crippen LogP contribution < -0.4 is 5.32 Å². The molecular formula is C11H14ClN3O. The third-order valence-corrected chi connectivity index (χ3v) is 2.93. The molecule has 86 valence electrons. The average Bonchev–Trinajstić information content (AvgIpc) is 2.57. The van der Waals surface area contributed by atoms with Crippen LogP contribution in [0.3, 0.4) is 0 Å². The van der Waals surface area contributed by atoms with Crippen LogP contribution in [0, 0.1) is 0 Å². The van der Waals surface area contributed by atoms with Gasteiger partial charge < -0.3 is 10.2 Å². The Hall–Kier alpha value is -1.13. The molecule has 1 aromatic rings. The van der Waals surface area contributed by atoms with Crippen molar-refractivity contribution in [3.05, 3.63) is 29.0 Å². The van der Waals surface area contributed by atoms with Crippen molar-refractivity contribution in [1.29, 1.82) is 0 Å². The molecule has 1 aliphatic heterocycles. The first kappa shape index (κ1) is 11.4. The second-order valence-corrected chi connectivity index (χ2v) is 4.16. The van der Waals surface area contributed by atoms with Crippen LogP contribution >= 0.6 is 11.6 Å². The molecule has 1 saturated heterocycles. The van der Waals surface area contributed by atoms with Crippen LogP contribution in [-0.2, 0) is 0 Å². The van der Waals surface area contributed by atoms with E-state index in [2.05, 4.69) is 10.3 Å². The van der Waals surface area contributed by atoms with Crippen LogP contribution in [0.25, 0.3) is 0 Å². The van der Waals surface area contributed by atoms with Gasteiger partial charge in [0.15, 0.2) is 0 Å². The first-order valence-electron chi connectivity index (χ1n) is 5.38. The van der Waals surface area contributed by atoms with Crippen molar-refractivity contribution in [2.75, 3.05) is 26.2 Å². The Morgan fingerprint density at radius 2 is 2.31 bits per heavy atom. The van der Waals surface area contributed by atoms with Gasteiger partial charge in [-0.2, -0.15) is 0 Å². The molecule has 0 radical (unpaired) electrons. The number of pyridine rings is 1. The SMILES string of the molecule is O=C(c1ccncc1Cl)N1CCCNCC1. The summed E-state index contributed by atoms with van der Waals surface area (Å²) in [7, 11) is 0. The molecule has 1 N–H and O–H groups in total. The van der Waals surface area contributed by atoms with Crippen molar-refractivity contribution in [3.8, 4) is 0 Å². The van der Waals surface area contributed by atoms with E-state index in [1.165, 1.54) is 6.20 Å². The lowest BCUT2D eigenvalue weighted by Gasteiger charge is -2.20. The molecule has 0 aromatic carbocycles. The maximum atomic E-state index is 12.2. The topological polar surface area (TPSA) is 45.2 Å². The second kappa shape index (κ2) is 5.27. The minimum Gasteiger partial charge on any atom is -0.337 e. The second-order valence-electron chi connectivity index (χ2n) is 3.75. The number of rotatable bonds is 1. The molecule has 16 heavy (non-hydrogen) atoms. The van der Waals surface area contributed by atoms with Gasteiger partial charge in [0.25, 0.3) is 5.91 Å². The average molecular weight is 240 g/mol. The normalized spacial score (nSPS) is 16.9. The maximum Gasteiger partial charge on any atom is 0.255 e. The number of hydrogen-bond donors (Lipinski definition) is 1. The number of carbonyl (C=O) groups excluding carboxylic acids is 1. The molecule has 1 aliphatic rings. The van der Waals surface area contributed by atoms with Gasteiger partial charge in [-0.05, 0) is 19.0 Å². The zero-order chi connectivity index (χ0) is 11.4. The number of nitrogens with zero attached hydrogens (tertiary/aromatic N) is 2. The summed E-state index contributed by atoms with van der Waals surface area (Å²) in [5.41, 5.74) is 0.540. The van der Waals surface area contributed by atoms with Gasteiger partial charge in [-0.25, -0.2) is 0 Å². The highest BCUT2D eigenvalue weighted by Gasteiger charge is 2.18. The quantitative estimate of drug-likeness (QED) is 0.800. The van der Waals surface area contributed by atoms with Gasteiger partial charge in [-0.3, -0.25) is 9.78 Å². The van der Waals surface area contributed by atoms with Gasteiger partial charge in [-0.15, -0.1) is 0 Å². The molecule has 0 atom stereocenters. The van der Waals surface area contributed by atoms with Crippen molar-refractivity contribution in [3.63, 3.8) is 0 Å². The number of nitrogens with one attached hydrogen (secondary N) is 1. The number of aromatic nitrogens is 1. The van der Waals surface area contributed by atoms with Crippen molar-refractivity contribution in [2.45, 2.75) is 6.42 Å². The first-order chi connectivity index (χ1) is 7.79. The number of amides is 1. The Labute approximate surface area is 99.6 Å². The van der Waals surface area contributed by atoms with Crippen molar-refractivity contribution in [2.24, 2.45) is 0 Å². The van der Waals surface area contributed by atoms with E-state index in [0.29, 0.717) is 10.6 Å². The predicted octanol–water partition coefficient (Wildman–Crippen LogP) is 1.17. The van der Waals surface area contributed by atoms with Gasteiger partial charge in [0.1, 0.15) is 0 Å². The van der Waals surface area contributed by atoms with Gasteiger partial charge in [0.05, 0.1) is 10.6 Å². The molecule has 0 saturated carbocycles. The highest BCUT2D eigenvalue weighted by atomic mass is 35.5. The molecule has 5 heteroatoms. The first-order valence-corrected chi connectivity index (χ1v) is 5.76. The monoisotopic (exact) mass is 239 g/mol. The summed E-state index contributed by atoms with van der Waals surface area (Å²) in [6, 6.07) is 1.67. The fourth-order valence-electron chi connectivity index (χ4n) is 1.77. The van der Waals surface area contributed by atoms with Crippen molar-refractivity contribution >= 4 is 17.5 Å². The van der Waals surface area contributed by atoms with Gasteiger partial charge >= 0.3 is 0 Å². The Balaban J connectivity index is 2.14.